The number of aliphatic hydroxyl groups excluding tert-OH is 1. The van der Waals surface area contributed by atoms with Gasteiger partial charge in [0.2, 0.25) is 11.8 Å². The van der Waals surface area contributed by atoms with Crippen LogP contribution in [0.1, 0.15) is 87.5 Å². The Morgan fingerprint density at radius 1 is 1.07 bits per heavy atom. The van der Waals surface area contributed by atoms with E-state index in [1.165, 1.54) is 4.90 Å². The third-order valence-corrected chi connectivity index (χ3v) is 8.08. The molecule has 4 unspecified atom stereocenters. The number of likely N-dealkylation sites (tertiary alicyclic amines) is 1. The van der Waals surface area contributed by atoms with Crippen molar-refractivity contribution in [3.63, 3.8) is 0 Å². The largest absolute Gasteiger partial charge is 0.391 e. The lowest BCUT2D eigenvalue weighted by Gasteiger charge is -2.35. The summed E-state index contributed by atoms with van der Waals surface area (Å²) in [4.78, 5) is 43.5. The lowest BCUT2D eigenvalue weighted by molar-refractivity contribution is -0.144. The summed E-state index contributed by atoms with van der Waals surface area (Å²) in [5.41, 5.74) is 1.82. The molecule has 2 N–H and O–H groups in total. The van der Waals surface area contributed by atoms with Crippen LogP contribution in [0.2, 0.25) is 0 Å². The standard InChI is InChI=1S/C30H42N6O5/c1-18-14-34(15-19(2)41-18)28(39)22-8-6-20(7-9-22)13-31-27(38)25-12-23(37)16-35(25)29(40)26(30(3,4)5)36-17-24(32-33-36)21-10-11-21/h6-9,17-19,21,23,25-26,37H,10-16H2,1-5H3,(H,31,38)/t18?,19?,23?,25?,26-/m1/s1. The molecule has 0 spiro atoms. The maximum atomic E-state index is 13.9. The molecule has 222 valence electrons. The van der Waals surface area contributed by atoms with Crippen molar-refractivity contribution in [1.82, 2.24) is 30.1 Å². The van der Waals surface area contributed by atoms with Crippen LogP contribution in [0, 0.1) is 5.41 Å². The number of hydrogen-bond acceptors (Lipinski definition) is 7. The molecular formula is C30H42N6O5. The number of rotatable bonds is 7. The second-order valence-corrected chi connectivity index (χ2v) is 12.9. The lowest BCUT2D eigenvalue weighted by Crippen LogP contribution is -2.50. The Morgan fingerprint density at radius 2 is 1.73 bits per heavy atom. The second-order valence-electron chi connectivity index (χ2n) is 12.9. The number of nitrogens with one attached hydrogen (secondary N) is 1. The third kappa shape index (κ3) is 6.62. The minimum absolute atomic E-state index is 0.00663. The van der Waals surface area contributed by atoms with E-state index in [1.54, 1.807) is 16.8 Å². The van der Waals surface area contributed by atoms with Gasteiger partial charge in [-0.15, -0.1) is 5.10 Å². The zero-order valence-corrected chi connectivity index (χ0v) is 24.6. The highest BCUT2D eigenvalue weighted by molar-refractivity contribution is 5.94. The molecule has 3 aliphatic rings. The highest BCUT2D eigenvalue weighted by atomic mass is 16.5. The van der Waals surface area contributed by atoms with E-state index >= 15 is 0 Å². The maximum absolute atomic E-state index is 13.9. The lowest BCUT2D eigenvalue weighted by atomic mass is 9.85. The Kier molecular flexibility index (Phi) is 8.20. The first-order valence-corrected chi connectivity index (χ1v) is 14.6. The van der Waals surface area contributed by atoms with Gasteiger partial charge in [-0.3, -0.25) is 14.4 Å². The monoisotopic (exact) mass is 566 g/mol. The van der Waals surface area contributed by atoms with Gasteiger partial charge in [0.15, 0.2) is 0 Å². The summed E-state index contributed by atoms with van der Waals surface area (Å²) in [7, 11) is 0. The quantitative estimate of drug-likeness (QED) is 0.526. The van der Waals surface area contributed by atoms with Crippen LogP contribution in [0.3, 0.4) is 0 Å². The number of morpholine rings is 1. The van der Waals surface area contributed by atoms with Crippen LogP contribution >= 0.6 is 0 Å². The van der Waals surface area contributed by atoms with Gasteiger partial charge in [0.05, 0.1) is 24.0 Å². The zero-order valence-electron chi connectivity index (χ0n) is 24.6. The first-order valence-electron chi connectivity index (χ1n) is 14.6. The summed E-state index contributed by atoms with van der Waals surface area (Å²) < 4.78 is 7.35. The molecule has 5 atom stereocenters. The van der Waals surface area contributed by atoms with Crippen LogP contribution in [-0.4, -0.2) is 91.6 Å². The SMILES string of the molecule is CC1CN(C(=O)c2ccc(CNC(=O)C3CC(O)CN3C(=O)[C@@H](n3cc(C4CC4)nn3)C(C)(C)C)cc2)CC(C)O1. The number of hydrogen-bond donors (Lipinski definition) is 2. The van der Waals surface area contributed by atoms with Gasteiger partial charge in [-0.2, -0.15) is 0 Å². The van der Waals surface area contributed by atoms with Gasteiger partial charge in [-0.1, -0.05) is 38.1 Å². The minimum atomic E-state index is -0.792. The topological polar surface area (TPSA) is 130 Å². The average Bonchev–Trinajstić information content (AvgIpc) is 3.52. The second kappa shape index (κ2) is 11.5. The van der Waals surface area contributed by atoms with Gasteiger partial charge in [0, 0.05) is 50.3 Å². The first-order chi connectivity index (χ1) is 19.4. The van der Waals surface area contributed by atoms with E-state index in [9.17, 15) is 19.5 Å². The van der Waals surface area contributed by atoms with E-state index in [1.807, 2.05) is 57.8 Å². The summed E-state index contributed by atoms with van der Waals surface area (Å²) in [6, 6.07) is 5.73. The maximum Gasteiger partial charge on any atom is 0.254 e. The van der Waals surface area contributed by atoms with Crippen LogP contribution in [0.5, 0.6) is 0 Å². The number of carbonyl (C=O) groups excluding carboxylic acids is 3. The van der Waals surface area contributed by atoms with Crippen molar-refractivity contribution in [2.75, 3.05) is 19.6 Å². The molecule has 1 aliphatic carbocycles. The Balaban J connectivity index is 1.23. The fourth-order valence-electron chi connectivity index (χ4n) is 5.92. The molecule has 41 heavy (non-hydrogen) atoms. The molecule has 3 amide bonds. The molecule has 11 heteroatoms. The average molecular weight is 567 g/mol. The highest BCUT2D eigenvalue weighted by Gasteiger charge is 2.45. The number of nitrogens with zero attached hydrogens (tertiary/aromatic N) is 5. The van der Waals surface area contributed by atoms with Crippen LogP contribution in [0.15, 0.2) is 30.5 Å². The summed E-state index contributed by atoms with van der Waals surface area (Å²) in [5.74, 6) is -0.209. The summed E-state index contributed by atoms with van der Waals surface area (Å²) in [5, 5.41) is 22.0. The van der Waals surface area contributed by atoms with E-state index in [0.717, 1.165) is 24.1 Å². The van der Waals surface area contributed by atoms with Crippen molar-refractivity contribution in [1.29, 1.82) is 0 Å². The number of benzene rings is 1. The normalized spacial score (nSPS) is 25.7. The molecule has 5 rings (SSSR count). The predicted molar refractivity (Wildman–Crippen MR) is 151 cm³/mol. The van der Waals surface area contributed by atoms with Crippen LogP contribution in [-0.2, 0) is 20.9 Å². The van der Waals surface area contributed by atoms with Crippen molar-refractivity contribution in [2.45, 2.75) is 96.7 Å². The molecule has 2 saturated heterocycles. The van der Waals surface area contributed by atoms with Gasteiger partial charge in [0.25, 0.3) is 5.91 Å². The number of aromatic nitrogens is 3. The van der Waals surface area contributed by atoms with Crippen molar-refractivity contribution >= 4 is 17.7 Å². The van der Waals surface area contributed by atoms with Crippen molar-refractivity contribution in [2.24, 2.45) is 5.41 Å². The first kappa shape index (κ1) is 29.2. The van der Waals surface area contributed by atoms with Gasteiger partial charge >= 0.3 is 0 Å². The smallest absolute Gasteiger partial charge is 0.254 e. The van der Waals surface area contributed by atoms with Gasteiger partial charge < -0.3 is 25.0 Å². The van der Waals surface area contributed by atoms with Crippen molar-refractivity contribution < 1.29 is 24.2 Å². The van der Waals surface area contributed by atoms with Gasteiger partial charge in [-0.05, 0) is 49.8 Å². The van der Waals surface area contributed by atoms with Crippen molar-refractivity contribution in [3.8, 4) is 0 Å². The predicted octanol–water partition coefficient (Wildman–Crippen LogP) is 2.27. The highest BCUT2D eigenvalue weighted by Crippen LogP contribution is 2.40. The summed E-state index contributed by atoms with van der Waals surface area (Å²) in [6.45, 7) is 11.2. The Bertz CT molecular complexity index is 1260. The van der Waals surface area contributed by atoms with E-state index in [0.29, 0.717) is 24.6 Å². The van der Waals surface area contributed by atoms with E-state index in [2.05, 4.69) is 15.6 Å². The van der Waals surface area contributed by atoms with E-state index in [-0.39, 0.29) is 49.4 Å². The molecule has 3 heterocycles. The van der Waals surface area contributed by atoms with E-state index in [4.69, 9.17) is 4.74 Å². The summed E-state index contributed by atoms with van der Waals surface area (Å²) in [6.07, 6.45) is 3.38. The summed E-state index contributed by atoms with van der Waals surface area (Å²) >= 11 is 0. The van der Waals surface area contributed by atoms with Crippen molar-refractivity contribution in [3.05, 3.63) is 47.3 Å². The molecule has 2 aromatic rings. The van der Waals surface area contributed by atoms with Crippen LogP contribution in [0.25, 0.3) is 0 Å². The zero-order chi connectivity index (χ0) is 29.5. The third-order valence-electron chi connectivity index (χ3n) is 8.08. The minimum Gasteiger partial charge on any atom is -0.391 e. The number of carbonyl (C=O) groups is 3. The molecule has 3 fully saturated rings. The van der Waals surface area contributed by atoms with E-state index < -0.39 is 23.6 Å². The molecule has 0 bridgehead atoms. The number of ether oxygens (including phenoxy) is 1. The molecule has 11 nitrogen and oxygen atoms in total. The fourth-order valence-corrected chi connectivity index (χ4v) is 5.92. The number of β-amino-alcohol motifs (C(OH)–C–C–N with tert-alkyl or cyclic N) is 1. The van der Waals surface area contributed by atoms with Crippen LogP contribution < -0.4 is 5.32 Å². The Hall–Kier alpha value is -3.31. The van der Waals surface area contributed by atoms with Gasteiger partial charge in [0.1, 0.15) is 12.1 Å². The van der Waals surface area contributed by atoms with Crippen LogP contribution in [0.4, 0.5) is 0 Å². The Labute approximate surface area is 241 Å². The Morgan fingerprint density at radius 3 is 2.34 bits per heavy atom. The molecular weight excluding hydrogens is 524 g/mol. The molecule has 0 radical (unpaired) electrons. The molecule has 2 aliphatic heterocycles. The number of amides is 3. The van der Waals surface area contributed by atoms with Gasteiger partial charge in [-0.25, -0.2) is 4.68 Å². The molecule has 1 saturated carbocycles. The fraction of sp³-hybridized carbons (Fsp3) is 0.633. The number of aliphatic hydroxyl groups is 1. The molecule has 1 aromatic heterocycles. The molecule has 1 aromatic carbocycles.